The minimum absolute atomic E-state index is 0. The molecule has 20 heavy (non-hydrogen) atoms. The van der Waals surface area contributed by atoms with Crippen molar-refractivity contribution in [3.8, 4) is 0 Å². The Labute approximate surface area is 123 Å². The van der Waals surface area contributed by atoms with Crippen LogP contribution in [0.4, 0.5) is 5.69 Å². The van der Waals surface area contributed by atoms with Crippen molar-refractivity contribution in [2.75, 3.05) is 37.6 Å². The Hall–Kier alpha value is -1.60. The van der Waals surface area contributed by atoms with E-state index in [-0.39, 0.29) is 36.7 Å². The number of carbonyl (C=O) groups is 2. The molecule has 0 aliphatic carbocycles. The molecule has 7 nitrogen and oxygen atoms in total. The van der Waals surface area contributed by atoms with E-state index in [9.17, 15) is 9.59 Å². The Morgan fingerprint density at radius 2 is 2.15 bits per heavy atom. The standard InChI is InChI=1S/C12H17N5O2.ClH/c1-15-7-10(6-14-15)17-3-2-16(8-11(17)18)12(19)9-4-13-5-9;/h6-7,9,13H,2-5,8H2,1H3;1H. The number of hydrogen-bond acceptors (Lipinski definition) is 4. The monoisotopic (exact) mass is 299 g/mol. The summed E-state index contributed by atoms with van der Waals surface area (Å²) in [6.45, 7) is 2.77. The number of rotatable bonds is 2. The second-order valence-corrected chi connectivity index (χ2v) is 5.03. The van der Waals surface area contributed by atoms with Gasteiger partial charge in [-0.3, -0.25) is 14.3 Å². The Morgan fingerprint density at radius 3 is 2.65 bits per heavy atom. The average molecular weight is 300 g/mol. The molecular weight excluding hydrogens is 282 g/mol. The Balaban J connectivity index is 0.00000147. The predicted molar refractivity (Wildman–Crippen MR) is 75.7 cm³/mol. The van der Waals surface area contributed by atoms with Gasteiger partial charge in [0, 0.05) is 39.4 Å². The van der Waals surface area contributed by atoms with E-state index in [0.717, 1.165) is 18.8 Å². The van der Waals surface area contributed by atoms with Gasteiger partial charge in [-0.2, -0.15) is 5.10 Å². The number of halogens is 1. The molecule has 1 aromatic rings. The van der Waals surface area contributed by atoms with Crippen molar-refractivity contribution < 1.29 is 9.59 Å². The third-order valence-electron chi connectivity index (χ3n) is 3.67. The van der Waals surface area contributed by atoms with Gasteiger partial charge in [-0.1, -0.05) is 0 Å². The van der Waals surface area contributed by atoms with Crippen LogP contribution in [0.15, 0.2) is 12.4 Å². The van der Waals surface area contributed by atoms with E-state index in [4.69, 9.17) is 0 Å². The van der Waals surface area contributed by atoms with Crippen LogP contribution in [0.2, 0.25) is 0 Å². The molecule has 3 rings (SSSR count). The average Bonchev–Trinajstić information content (AvgIpc) is 2.73. The van der Waals surface area contributed by atoms with Crippen LogP contribution in [0, 0.1) is 5.92 Å². The Kier molecular flexibility index (Phi) is 4.29. The molecule has 110 valence electrons. The largest absolute Gasteiger partial charge is 0.331 e. The highest BCUT2D eigenvalue weighted by Crippen LogP contribution is 2.17. The van der Waals surface area contributed by atoms with Crippen molar-refractivity contribution in [1.29, 1.82) is 0 Å². The number of anilines is 1. The fourth-order valence-electron chi connectivity index (χ4n) is 2.40. The second-order valence-electron chi connectivity index (χ2n) is 5.03. The first kappa shape index (κ1) is 14.8. The highest BCUT2D eigenvalue weighted by atomic mass is 35.5. The fourth-order valence-corrected chi connectivity index (χ4v) is 2.40. The molecule has 2 aliphatic heterocycles. The molecule has 2 fully saturated rings. The van der Waals surface area contributed by atoms with Crippen molar-refractivity contribution in [2.24, 2.45) is 13.0 Å². The lowest BCUT2D eigenvalue weighted by atomic mass is 10.0. The molecule has 0 unspecified atom stereocenters. The fraction of sp³-hybridized carbons (Fsp3) is 0.583. The molecule has 2 amide bonds. The first-order valence-corrected chi connectivity index (χ1v) is 6.43. The highest BCUT2D eigenvalue weighted by molar-refractivity contribution is 5.98. The van der Waals surface area contributed by atoms with E-state index in [1.807, 2.05) is 13.2 Å². The van der Waals surface area contributed by atoms with Gasteiger partial charge in [0.1, 0.15) is 6.54 Å². The van der Waals surface area contributed by atoms with Gasteiger partial charge in [0.2, 0.25) is 11.8 Å². The van der Waals surface area contributed by atoms with Crippen LogP contribution >= 0.6 is 12.4 Å². The summed E-state index contributed by atoms with van der Waals surface area (Å²) in [5.41, 5.74) is 0.796. The molecular formula is C12H18ClN5O2. The van der Waals surface area contributed by atoms with Gasteiger partial charge in [-0.05, 0) is 0 Å². The normalized spacial score (nSPS) is 19.6. The lowest BCUT2D eigenvalue weighted by Gasteiger charge is -2.37. The van der Waals surface area contributed by atoms with Crippen molar-refractivity contribution in [2.45, 2.75) is 0 Å². The van der Waals surface area contributed by atoms with Crippen LogP contribution in [0.25, 0.3) is 0 Å². The zero-order valence-corrected chi connectivity index (χ0v) is 12.1. The van der Waals surface area contributed by atoms with Crippen LogP contribution in [0.1, 0.15) is 0 Å². The number of carbonyl (C=O) groups excluding carboxylic acids is 2. The van der Waals surface area contributed by atoms with Gasteiger partial charge in [0.25, 0.3) is 0 Å². The van der Waals surface area contributed by atoms with E-state index in [2.05, 4.69) is 10.4 Å². The third-order valence-corrected chi connectivity index (χ3v) is 3.67. The topological polar surface area (TPSA) is 70.5 Å². The molecule has 2 saturated heterocycles. The predicted octanol–water partition coefficient (Wildman–Crippen LogP) is -0.763. The smallest absolute Gasteiger partial charge is 0.246 e. The van der Waals surface area contributed by atoms with Crippen molar-refractivity contribution in [1.82, 2.24) is 20.0 Å². The van der Waals surface area contributed by atoms with Crippen molar-refractivity contribution in [3.63, 3.8) is 0 Å². The van der Waals surface area contributed by atoms with Crippen molar-refractivity contribution >= 4 is 29.9 Å². The van der Waals surface area contributed by atoms with Gasteiger partial charge in [-0.15, -0.1) is 12.4 Å². The summed E-state index contributed by atoms with van der Waals surface area (Å²) < 4.78 is 1.67. The van der Waals surface area contributed by atoms with Gasteiger partial charge in [0.05, 0.1) is 17.8 Å². The number of nitrogens with one attached hydrogen (secondary N) is 1. The summed E-state index contributed by atoms with van der Waals surface area (Å²) in [5, 5.41) is 7.14. The summed E-state index contributed by atoms with van der Waals surface area (Å²) >= 11 is 0. The lowest BCUT2D eigenvalue weighted by Crippen LogP contribution is -2.58. The maximum atomic E-state index is 12.1. The first-order valence-electron chi connectivity index (χ1n) is 6.43. The maximum Gasteiger partial charge on any atom is 0.246 e. The van der Waals surface area contributed by atoms with E-state index < -0.39 is 0 Å². The number of piperazine rings is 1. The second kappa shape index (κ2) is 5.80. The summed E-state index contributed by atoms with van der Waals surface area (Å²) in [5.74, 6) is 0.107. The lowest BCUT2D eigenvalue weighted by molar-refractivity contribution is -0.141. The molecule has 0 aromatic carbocycles. The summed E-state index contributed by atoms with van der Waals surface area (Å²) in [6.07, 6.45) is 3.48. The SMILES string of the molecule is Cl.Cn1cc(N2CCN(C(=O)C3CNC3)CC2=O)cn1. The molecule has 1 aromatic heterocycles. The maximum absolute atomic E-state index is 12.1. The van der Waals surface area contributed by atoms with E-state index >= 15 is 0 Å². The zero-order chi connectivity index (χ0) is 13.4. The minimum Gasteiger partial charge on any atom is -0.331 e. The number of nitrogens with zero attached hydrogens (tertiary/aromatic N) is 4. The summed E-state index contributed by atoms with van der Waals surface area (Å²) in [6, 6.07) is 0. The van der Waals surface area contributed by atoms with Crippen LogP contribution in [-0.4, -0.2) is 59.2 Å². The van der Waals surface area contributed by atoms with E-state index in [1.165, 1.54) is 0 Å². The van der Waals surface area contributed by atoms with Gasteiger partial charge < -0.3 is 15.1 Å². The first-order chi connectivity index (χ1) is 9.15. The number of amides is 2. The quantitative estimate of drug-likeness (QED) is 0.779. The molecule has 0 bridgehead atoms. The van der Waals surface area contributed by atoms with Gasteiger partial charge >= 0.3 is 0 Å². The number of aromatic nitrogens is 2. The summed E-state index contributed by atoms with van der Waals surface area (Å²) in [4.78, 5) is 27.6. The number of aryl methyl sites for hydroxylation is 1. The van der Waals surface area contributed by atoms with Gasteiger partial charge in [0.15, 0.2) is 0 Å². The van der Waals surface area contributed by atoms with Gasteiger partial charge in [-0.25, -0.2) is 0 Å². The van der Waals surface area contributed by atoms with E-state index in [0.29, 0.717) is 13.1 Å². The van der Waals surface area contributed by atoms with Crippen LogP contribution < -0.4 is 10.2 Å². The summed E-state index contributed by atoms with van der Waals surface area (Å²) in [7, 11) is 1.82. The van der Waals surface area contributed by atoms with Crippen LogP contribution in [0.5, 0.6) is 0 Å². The minimum atomic E-state index is -0.0418. The number of hydrogen-bond donors (Lipinski definition) is 1. The molecule has 3 heterocycles. The van der Waals surface area contributed by atoms with E-state index in [1.54, 1.807) is 20.7 Å². The molecule has 0 spiro atoms. The van der Waals surface area contributed by atoms with Crippen molar-refractivity contribution in [3.05, 3.63) is 12.4 Å². The molecule has 0 radical (unpaired) electrons. The van der Waals surface area contributed by atoms with Crippen LogP contribution in [0.3, 0.4) is 0 Å². The Morgan fingerprint density at radius 1 is 1.40 bits per heavy atom. The molecule has 1 N–H and O–H groups in total. The Bertz CT molecular complexity index is 514. The third kappa shape index (κ3) is 2.64. The molecule has 8 heteroatoms. The molecule has 0 saturated carbocycles. The highest BCUT2D eigenvalue weighted by Gasteiger charge is 2.34. The molecule has 0 atom stereocenters. The molecule has 2 aliphatic rings. The zero-order valence-electron chi connectivity index (χ0n) is 11.3. The van der Waals surface area contributed by atoms with Crippen LogP contribution in [-0.2, 0) is 16.6 Å².